The van der Waals surface area contributed by atoms with E-state index in [9.17, 15) is 0 Å². The Morgan fingerprint density at radius 1 is 1.19 bits per heavy atom. The Labute approximate surface area is 161 Å². The third-order valence-electron chi connectivity index (χ3n) is 4.40. The summed E-state index contributed by atoms with van der Waals surface area (Å²) < 4.78 is 9.51. The third kappa shape index (κ3) is 2.62. The first-order valence-corrected chi connectivity index (χ1v) is 9.63. The average Bonchev–Trinajstić information content (AvgIpc) is 3.34. The molecule has 0 saturated carbocycles. The molecule has 128 valence electrons. The fourth-order valence-corrected chi connectivity index (χ4v) is 4.22. The summed E-state index contributed by atoms with van der Waals surface area (Å²) in [5, 5.41) is 8.94. The topological polar surface area (TPSA) is 91.9 Å². The number of anilines is 2. The molecule has 2 radical (unpaired) electrons. The largest absolute Gasteiger partial charge is 0.468 e. The van der Waals surface area contributed by atoms with E-state index in [1.54, 1.807) is 11.3 Å². The number of rotatable bonds is 3. The van der Waals surface area contributed by atoms with Gasteiger partial charge in [0.05, 0.1) is 24.9 Å². The maximum atomic E-state index is 5.50. The molecular weight excluding hydrogens is 365 g/mol. The van der Waals surface area contributed by atoms with Crippen molar-refractivity contribution < 1.29 is 4.74 Å². The highest BCUT2D eigenvalue weighted by molar-refractivity contribution is 7.23. The molecule has 8 nitrogen and oxygen atoms in total. The van der Waals surface area contributed by atoms with E-state index in [4.69, 9.17) is 14.7 Å². The van der Waals surface area contributed by atoms with Crippen molar-refractivity contribution in [3.8, 4) is 11.4 Å². The second-order valence-corrected chi connectivity index (χ2v) is 7.21. The van der Waals surface area contributed by atoms with Gasteiger partial charge in [0.1, 0.15) is 4.70 Å². The van der Waals surface area contributed by atoms with Gasteiger partial charge in [-0.1, -0.05) is 23.5 Å². The van der Waals surface area contributed by atoms with E-state index in [-0.39, 0.29) is 0 Å². The zero-order valence-electron chi connectivity index (χ0n) is 13.8. The highest BCUT2D eigenvalue weighted by Crippen LogP contribution is 2.35. The number of H-pyrrole nitrogens is 1. The number of thiazole rings is 1. The molecule has 1 aromatic carbocycles. The van der Waals surface area contributed by atoms with Crippen LogP contribution in [-0.4, -0.2) is 68.0 Å². The van der Waals surface area contributed by atoms with Crippen LogP contribution in [0.25, 0.3) is 32.6 Å². The van der Waals surface area contributed by atoms with Crippen molar-refractivity contribution in [1.82, 2.24) is 25.1 Å². The van der Waals surface area contributed by atoms with Gasteiger partial charge in [0, 0.05) is 24.0 Å². The number of nitrogens with zero attached hydrogens (tertiary/aromatic N) is 5. The van der Waals surface area contributed by atoms with Crippen molar-refractivity contribution in [2.75, 3.05) is 35.5 Å². The molecule has 1 aliphatic rings. The third-order valence-corrected chi connectivity index (χ3v) is 5.85. The molecular formula is C16H14AlN7OS. The number of hydrogen-bond donors (Lipinski definition) is 2. The monoisotopic (exact) mass is 379 g/mol. The number of benzene rings is 1. The second kappa shape index (κ2) is 6.48. The Balaban J connectivity index is 1.74. The molecule has 1 aliphatic heterocycles. The lowest BCUT2D eigenvalue weighted by molar-refractivity contribution is 0.122. The molecule has 1 saturated heterocycles. The summed E-state index contributed by atoms with van der Waals surface area (Å²) in [6.07, 6.45) is 1.81. The van der Waals surface area contributed by atoms with Gasteiger partial charge in [0.2, 0.25) is 0 Å². The number of ether oxygens (including phenoxy) is 1. The first-order valence-electron chi connectivity index (χ1n) is 8.24. The van der Waals surface area contributed by atoms with Crippen LogP contribution in [-0.2, 0) is 4.74 Å². The number of morpholine rings is 1. The van der Waals surface area contributed by atoms with Crippen molar-refractivity contribution in [2.45, 2.75) is 0 Å². The van der Waals surface area contributed by atoms with Gasteiger partial charge in [0.15, 0.2) is 22.4 Å². The lowest BCUT2D eigenvalue weighted by atomic mass is 10.1. The lowest BCUT2D eigenvalue weighted by Crippen LogP contribution is -2.36. The van der Waals surface area contributed by atoms with Crippen LogP contribution >= 0.6 is 11.3 Å². The van der Waals surface area contributed by atoms with Gasteiger partial charge < -0.3 is 13.9 Å². The average molecular weight is 379 g/mol. The molecule has 0 aliphatic carbocycles. The number of aromatic nitrogens is 5. The molecule has 4 aromatic rings. The normalized spacial score (nSPS) is 15.0. The second-order valence-electron chi connectivity index (χ2n) is 5.92. The molecule has 26 heavy (non-hydrogen) atoms. The fourth-order valence-electron chi connectivity index (χ4n) is 3.14. The molecule has 0 amide bonds. The van der Waals surface area contributed by atoms with E-state index in [1.165, 1.54) is 0 Å². The molecule has 2 N–H and O–H groups in total. The first kappa shape index (κ1) is 16.0. The van der Waals surface area contributed by atoms with E-state index in [2.05, 4.69) is 40.9 Å². The summed E-state index contributed by atoms with van der Waals surface area (Å²) in [6, 6.07) is 5.99. The van der Waals surface area contributed by atoms with Crippen LogP contribution in [0.4, 0.5) is 10.9 Å². The van der Waals surface area contributed by atoms with Gasteiger partial charge >= 0.3 is 16.5 Å². The molecule has 5 rings (SSSR count). The summed E-state index contributed by atoms with van der Waals surface area (Å²) in [4.78, 5) is 16.5. The molecule has 0 bridgehead atoms. The number of aromatic amines is 1. The van der Waals surface area contributed by atoms with Crippen LogP contribution in [0.1, 0.15) is 0 Å². The molecule has 0 spiro atoms. The van der Waals surface area contributed by atoms with Crippen LogP contribution in [0.2, 0.25) is 0 Å². The Kier molecular flexibility index (Phi) is 3.98. The van der Waals surface area contributed by atoms with Gasteiger partial charge in [-0.05, 0) is 6.07 Å². The highest BCUT2D eigenvalue weighted by Gasteiger charge is 2.21. The zero-order chi connectivity index (χ0) is 17.5. The molecule has 1 fully saturated rings. The van der Waals surface area contributed by atoms with Crippen molar-refractivity contribution in [3.05, 3.63) is 24.4 Å². The van der Waals surface area contributed by atoms with E-state index in [0.29, 0.717) is 24.7 Å². The number of hydrogen-bond acceptors (Lipinski definition) is 8. The summed E-state index contributed by atoms with van der Waals surface area (Å²) in [5.41, 5.74) is 2.61. The smallest absolute Gasteiger partial charge is 0.309 e. The molecule has 4 heterocycles. The highest BCUT2D eigenvalue weighted by atomic mass is 32.1. The van der Waals surface area contributed by atoms with Gasteiger partial charge in [-0.3, -0.25) is 5.10 Å². The Hall–Kier alpha value is -2.25. The van der Waals surface area contributed by atoms with Crippen LogP contribution < -0.4 is 9.20 Å². The van der Waals surface area contributed by atoms with Crippen LogP contribution in [0.5, 0.6) is 0 Å². The minimum absolute atomic E-state index is 0.659. The van der Waals surface area contributed by atoms with Crippen LogP contribution in [0.3, 0.4) is 0 Å². The summed E-state index contributed by atoms with van der Waals surface area (Å²) in [6.45, 7) is 3.02. The Bertz CT molecular complexity index is 1090. The number of nitrogens with one attached hydrogen (secondary N) is 2. The summed E-state index contributed by atoms with van der Waals surface area (Å²) >= 11 is 4.04. The molecule has 0 atom stereocenters. The van der Waals surface area contributed by atoms with Gasteiger partial charge in [-0.15, -0.1) is 0 Å². The van der Waals surface area contributed by atoms with Crippen LogP contribution in [0.15, 0.2) is 24.4 Å². The minimum Gasteiger partial charge on any atom is -0.468 e. The molecule has 0 unspecified atom stereocenters. The quantitative estimate of drug-likeness (QED) is 0.526. The standard InChI is InChI=1S/C16H14N7OS.Al/c17-16-21-14-12(25-16)15(23-4-6-24-7-5-23)20-13(19-14)9-2-1-3-11-10(9)8-18-22-11;/h1-3,8H,4-7H2,(H2-,17,18,19,20,21,22);/q-1;+1. The van der Waals surface area contributed by atoms with Crippen molar-refractivity contribution >= 4 is 60.0 Å². The van der Waals surface area contributed by atoms with E-state index in [0.717, 1.165) is 45.2 Å². The first-order chi connectivity index (χ1) is 12.8. The zero-order valence-corrected chi connectivity index (χ0v) is 15.7. The van der Waals surface area contributed by atoms with E-state index in [1.807, 2.05) is 24.4 Å². The molecule has 3 aromatic heterocycles. The van der Waals surface area contributed by atoms with Crippen molar-refractivity contribution in [2.24, 2.45) is 0 Å². The van der Waals surface area contributed by atoms with Gasteiger partial charge in [-0.25, -0.2) is 15.0 Å². The summed E-state index contributed by atoms with van der Waals surface area (Å²) in [5.74, 6) is 1.57. The maximum Gasteiger partial charge on any atom is 0.309 e. The van der Waals surface area contributed by atoms with E-state index < -0.39 is 0 Å². The maximum absolute atomic E-state index is 5.50. The van der Waals surface area contributed by atoms with Crippen molar-refractivity contribution in [3.63, 3.8) is 0 Å². The Morgan fingerprint density at radius 2 is 2.08 bits per heavy atom. The van der Waals surface area contributed by atoms with Gasteiger partial charge in [0.25, 0.3) is 0 Å². The van der Waals surface area contributed by atoms with Crippen LogP contribution in [0, 0.1) is 0 Å². The number of fused-ring (bicyclic) bond motifs is 2. The van der Waals surface area contributed by atoms with Gasteiger partial charge in [-0.2, -0.15) is 5.10 Å². The predicted molar refractivity (Wildman–Crippen MR) is 103 cm³/mol. The SMILES string of the molecule is [Al][NH]c1nc2nc(-c3cccc4[nH]ncc34)nc(N3CCOCC3)c2s1. The fraction of sp³-hybridized carbons (Fsp3) is 0.250. The molecule has 10 heteroatoms. The predicted octanol–water partition coefficient (Wildman–Crippen LogP) is 1.96. The summed E-state index contributed by atoms with van der Waals surface area (Å²) in [7, 11) is 0. The van der Waals surface area contributed by atoms with E-state index >= 15 is 0 Å². The Morgan fingerprint density at radius 3 is 2.92 bits per heavy atom. The van der Waals surface area contributed by atoms with Crippen molar-refractivity contribution in [1.29, 1.82) is 0 Å². The minimum atomic E-state index is 0.659. The lowest BCUT2D eigenvalue weighted by Gasteiger charge is -2.28.